The predicted octanol–water partition coefficient (Wildman–Crippen LogP) is 2.21. The van der Waals surface area contributed by atoms with Gasteiger partial charge in [0.25, 0.3) is 0 Å². The third-order valence-electron chi connectivity index (χ3n) is 3.88. The molecule has 0 radical (unpaired) electrons. The highest BCUT2D eigenvalue weighted by atomic mass is 127. The van der Waals surface area contributed by atoms with Crippen molar-refractivity contribution in [3.8, 4) is 0 Å². The van der Waals surface area contributed by atoms with E-state index >= 15 is 0 Å². The molecule has 6 heteroatoms. The highest BCUT2D eigenvalue weighted by molar-refractivity contribution is 14.0. The average Bonchev–Trinajstić information content (AvgIpc) is 3.04. The number of nitrogens with one attached hydrogen (secondary N) is 2. The fourth-order valence-corrected chi connectivity index (χ4v) is 2.71. The van der Waals surface area contributed by atoms with Gasteiger partial charge in [-0.15, -0.1) is 24.0 Å². The Hall–Kier alpha value is -0.860. The molecule has 130 valence electrons. The molecule has 1 saturated heterocycles. The first-order chi connectivity index (χ1) is 10.8. The van der Waals surface area contributed by atoms with Crippen molar-refractivity contribution in [2.24, 2.45) is 4.99 Å². The molecule has 0 amide bonds. The van der Waals surface area contributed by atoms with E-state index in [4.69, 9.17) is 4.74 Å². The highest BCUT2D eigenvalue weighted by Crippen LogP contribution is 2.13. The quantitative estimate of drug-likeness (QED) is 0.300. The molecule has 1 aliphatic heterocycles. The number of rotatable bonds is 7. The van der Waals surface area contributed by atoms with E-state index in [1.165, 1.54) is 37.1 Å². The van der Waals surface area contributed by atoms with Crippen LogP contribution in [0.2, 0.25) is 0 Å². The van der Waals surface area contributed by atoms with Crippen LogP contribution in [-0.4, -0.2) is 51.3 Å². The Balaban J connectivity index is 0.00000264. The smallest absolute Gasteiger partial charge is 0.191 e. The molecule has 1 aromatic carbocycles. The standard InChI is InChI=1S/C17H28N4O.HI/c1-18-17(19-8-11-22-2)20-13-15-6-5-7-16(12-15)14-21-9-3-4-10-21;/h5-7,12H,3-4,8-11,13-14H2,1-2H3,(H2,18,19,20);1H. The largest absolute Gasteiger partial charge is 0.383 e. The summed E-state index contributed by atoms with van der Waals surface area (Å²) in [6, 6.07) is 8.80. The molecule has 5 nitrogen and oxygen atoms in total. The molecule has 23 heavy (non-hydrogen) atoms. The van der Waals surface area contributed by atoms with Gasteiger partial charge in [-0.05, 0) is 37.1 Å². The molecular formula is C17H29IN4O. The molecule has 2 N–H and O–H groups in total. The van der Waals surface area contributed by atoms with Crippen molar-refractivity contribution in [2.75, 3.05) is 40.4 Å². The van der Waals surface area contributed by atoms with Gasteiger partial charge in [-0.25, -0.2) is 0 Å². The second kappa shape index (κ2) is 11.6. The van der Waals surface area contributed by atoms with Gasteiger partial charge >= 0.3 is 0 Å². The second-order valence-electron chi connectivity index (χ2n) is 5.65. The normalized spacial score (nSPS) is 15.3. The van der Waals surface area contributed by atoms with Gasteiger partial charge in [-0.1, -0.05) is 24.3 Å². The van der Waals surface area contributed by atoms with Gasteiger partial charge in [0, 0.05) is 33.8 Å². The number of benzene rings is 1. The van der Waals surface area contributed by atoms with E-state index in [0.29, 0.717) is 6.61 Å². The third kappa shape index (κ3) is 7.50. The number of nitrogens with zero attached hydrogens (tertiary/aromatic N) is 2. The summed E-state index contributed by atoms with van der Waals surface area (Å²) in [6.07, 6.45) is 2.68. The first-order valence-electron chi connectivity index (χ1n) is 8.05. The Kier molecular flexibility index (Phi) is 10.2. The lowest BCUT2D eigenvalue weighted by atomic mass is 10.1. The molecule has 1 heterocycles. The summed E-state index contributed by atoms with van der Waals surface area (Å²) in [4.78, 5) is 6.74. The second-order valence-corrected chi connectivity index (χ2v) is 5.65. The van der Waals surface area contributed by atoms with Crippen molar-refractivity contribution < 1.29 is 4.74 Å². The zero-order valence-corrected chi connectivity index (χ0v) is 16.5. The average molecular weight is 432 g/mol. The lowest BCUT2D eigenvalue weighted by Crippen LogP contribution is -2.38. The van der Waals surface area contributed by atoms with Crippen LogP contribution in [0.25, 0.3) is 0 Å². The van der Waals surface area contributed by atoms with Crippen molar-refractivity contribution in [1.82, 2.24) is 15.5 Å². The van der Waals surface area contributed by atoms with Crippen LogP contribution in [-0.2, 0) is 17.8 Å². The van der Waals surface area contributed by atoms with Gasteiger partial charge < -0.3 is 15.4 Å². The van der Waals surface area contributed by atoms with Crippen LogP contribution in [0.15, 0.2) is 29.3 Å². The predicted molar refractivity (Wildman–Crippen MR) is 106 cm³/mol. The van der Waals surface area contributed by atoms with Crippen LogP contribution in [0.1, 0.15) is 24.0 Å². The van der Waals surface area contributed by atoms with Gasteiger partial charge in [0.15, 0.2) is 5.96 Å². The van der Waals surface area contributed by atoms with E-state index < -0.39 is 0 Å². The van der Waals surface area contributed by atoms with Crippen molar-refractivity contribution in [2.45, 2.75) is 25.9 Å². The lowest BCUT2D eigenvalue weighted by molar-refractivity contribution is 0.203. The van der Waals surface area contributed by atoms with E-state index in [9.17, 15) is 0 Å². The molecule has 1 fully saturated rings. The maximum Gasteiger partial charge on any atom is 0.191 e. The first kappa shape index (κ1) is 20.2. The molecule has 2 rings (SSSR count). The summed E-state index contributed by atoms with van der Waals surface area (Å²) in [5.74, 6) is 0.807. The van der Waals surface area contributed by atoms with Gasteiger partial charge in [0.05, 0.1) is 6.61 Å². The zero-order chi connectivity index (χ0) is 15.6. The Morgan fingerprint density at radius 3 is 2.65 bits per heavy atom. The maximum atomic E-state index is 5.03. The number of methoxy groups -OCH3 is 1. The van der Waals surface area contributed by atoms with Gasteiger partial charge in [0.1, 0.15) is 0 Å². The fraction of sp³-hybridized carbons (Fsp3) is 0.588. The summed E-state index contributed by atoms with van der Waals surface area (Å²) >= 11 is 0. The van der Waals surface area contributed by atoms with Gasteiger partial charge in [-0.3, -0.25) is 9.89 Å². The van der Waals surface area contributed by atoms with Crippen LogP contribution >= 0.6 is 24.0 Å². The lowest BCUT2D eigenvalue weighted by Gasteiger charge is -2.16. The summed E-state index contributed by atoms with van der Waals surface area (Å²) in [5, 5.41) is 6.55. The molecule has 0 spiro atoms. The number of likely N-dealkylation sites (tertiary alicyclic amines) is 1. The fourth-order valence-electron chi connectivity index (χ4n) is 2.71. The van der Waals surface area contributed by atoms with Crippen LogP contribution in [0.4, 0.5) is 0 Å². The summed E-state index contributed by atoms with van der Waals surface area (Å²) in [5.41, 5.74) is 2.68. The van der Waals surface area contributed by atoms with Gasteiger partial charge in [0.2, 0.25) is 0 Å². The molecule has 0 saturated carbocycles. The Bertz CT molecular complexity index is 475. The summed E-state index contributed by atoms with van der Waals surface area (Å²) in [6.45, 7) is 5.74. The number of hydrogen-bond donors (Lipinski definition) is 2. The van der Waals surface area contributed by atoms with Crippen molar-refractivity contribution in [3.05, 3.63) is 35.4 Å². The molecule has 0 atom stereocenters. The Morgan fingerprint density at radius 1 is 1.22 bits per heavy atom. The molecule has 0 aromatic heterocycles. The van der Waals surface area contributed by atoms with Crippen LogP contribution in [0.3, 0.4) is 0 Å². The van der Waals surface area contributed by atoms with E-state index in [1.807, 2.05) is 0 Å². The molecule has 0 aliphatic carbocycles. The van der Waals surface area contributed by atoms with Gasteiger partial charge in [-0.2, -0.15) is 0 Å². The monoisotopic (exact) mass is 432 g/mol. The molecule has 1 aromatic rings. The molecular weight excluding hydrogens is 403 g/mol. The topological polar surface area (TPSA) is 48.9 Å². The van der Waals surface area contributed by atoms with Crippen molar-refractivity contribution in [3.63, 3.8) is 0 Å². The number of halogens is 1. The van der Waals surface area contributed by atoms with Crippen LogP contribution < -0.4 is 10.6 Å². The number of ether oxygens (including phenoxy) is 1. The highest BCUT2D eigenvalue weighted by Gasteiger charge is 2.11. The van der Waals surface area contributed by atoms with E-state index in [0.717, 1.165) is 25.6 Å². The number of aliphatic imine (C=N–C) groups is 1. The zero-order valence-electron chi connectivity index (χ0n) is 14.2. The minimum Gasteiger partial charge on any atom is -0.383 e. The Labute approximate surface area is 156 Å². The minimum atomic E-state index is 0. The third-order valence-corrected chi connectivity index (χ3v) is 3.88. The summed E-state index contributed by atoms with van der Waals surface area (Å²) < 4.78 is 5.03. The van der Waals surface area contributed by atoms with E-state index in [-0.39, 0.29) is 24.0 Å². The number of hydrogen-bond acceptors (Lipinski definition) is 3. The van der Waals surface area contributed by atoms with E-state index in [1.54, 1.807) is 14.2 Å². The van der Waals surface area contributed by atoms with Crippen molar-refractivity contribution >= 4 is 29.9 Å². The molecule has 0 unspecified atom stereocenters. The Morgan fingerprint density at radius 2 is 1.96 bits per heavy atom. The maximum absolute atomic E-state index is 5.03. The summed E-state index contributed by atoms with van der Waals surface area (Å²) in [7, 11) is 3.48. The van der Waals surface area contributed by atoms with Crippen LogP contribution in [0.5, 0.6) is 0 Å². The van der Waals surface area contributed by atoms with E-state index in [2.05, 4.69) is 44.8 Å². The minimum absolute atomic E-state index is 0. The molecule has 0 bridgehead atoms. The van der Waals surface area contributed by atoms with Crippen LogP contribution in [0, 0.1) is 0 Å². The first-order valence-corrected chi connectivity index (χ1v) is 8.05. The molecule has 1 aliphatic rings. The number of guanidine groups is 1. The van der Waals surface area contributed by atoms with Crippen molar-refractivity contribution in [1.29, 1.82) is 0 Å². The SMILES string of the molecule is CN=C(NCCOC)NCc1cccc(CN2CCCC2)c1.I.